The highest BCUT2D eigenvalue weighted by atomic mass is 16.7. The van der Waals surface area contributed by atoms with Crippen molar-refractivity contribution in [1.82, 2.24) is 5.32 Å². The topological polar surface area (TPSA) is 47.6 Å². The van der Waals surface area contributed by atoms with Gasteiger partial charge in [0.25, 0.3) is 5.91 Å². The van der Waals surface area contributed by atoms with Gasteiger partial charge in [-0.2, -0.15) is 0 Å². The number of carbonyl (C=O) groups is 1. The van der Waals surface area contributed by atoms with Crippen LogP contribution in [0.15, 0.2) is 18.2 Å². The Labute approximate surface area is 106 Å². The van der Waals surface area contributed by atoms with Crippen LogP contribution in [0.3, 0.4) is 0 Å². The summed E-state index contributed by atoms with van der Waals surface area (Å²) in [6, 6.07) is 5.62. The summed E-state index contributed by atoms with van der Waals surface area (Å²) in [6.45, 7) is 2.43. The van der Waals surface area contributed by atoms with E-state index >= 15 is 0 Å². The van der Waals surface area contributed by atoms with Crippen LogP contribution in [0, 0.1) is 5.92 Å². The molecule has 2 aliphatic rings. The molecule has 18 heavy (non-hydrogen) atoms. The average molecular weight is 247 g/mol. The first-order chi connectivity index (χ1) is 8.74. The fraction of sp³-hybridized carbons (Fsp3) is 0.500. The fourth-order valence-corrected chi connectivity index (χ4v) is 2.65. The predicted octanol–water partition coefficient (Wildman–Crippen LogP) is 2.33. The molecule has 0 radical (unpaired) electrons. The van der Waals surface area contributed by atoms with Gasteiger partial charge in [0, 0.05) is 11.6 Å². The minimum absolute atomic E-state index is 0.0212. The van der Waals surface area contributed by atoms with Crippen LogP contribution in [0.4, 0.5) is 0 Å². The Morgan fingerprint density at radius 1 is 1.28 bits per heavy atom. The summed E-state index contributed by atoms with van der Waals surface area (Å²) in [4.78, 5) is 12.1. The van der Waals surface area contributed by atoms with E-state index in [0.717, 1.165) is 6.42 Å². The number of nitrogens with one attached hydrogen (secondary N) is 1. The lowest BCUT2D eigenvalue weighted by Crippen LogP contribution is -2.36. The van der Waals surface area contributed by atoms with Crippen LogP contribution in [0.5, 0.6) is 11.5 Å². The normalized spacial score (nSPS) is 25.2. The van der Waals surface area contributed by atoms with E-state index in [4.69, 9.17) is 9.47 Å². The third kappa shape index (κ3) is 2.03. The van der Waals surface area contributed by atoms with Gasteiger partial charge in [-0.05, 0) is 37.0 Å². The number of rotatable bonds is 2. The zero-order chi connectivity index (χ0) is 12.5. The molecule has 96 valence electrons. The lowest BCUT2D eigenvalue weighted by Gasteiger charge is -2.17. The van der Waals surface area contributed by atoms with Crippen molar-refractivity contribution < 1.29 is 14.3 Å². The van der Waals surface area contributed by atoms with Crippen LogP contribution >= 0.6 is 0 Å². The van der Waals surface area contributed by atoms with Gasteiger partial charge in [-0.3, -0.25) is 4.79 Å². The summed E-state index contributed by atoms with van der Waals surface area (Å²) >= 11 is 0. The van der Waals surface area contributed by atoms with Crippen LogP contribution in [-0.2, 0) is 0 Å². The molecule has 4 heteroatoms. The Hall–Kier alpha value is -1.71. The molecule has 1 N–H and O–H groups in total. The molecule has 1 fully saturated rings. The molecule has 1 aliphatic carbocycles. The minimum atomic E-state index is -0.0212. The monoisotopic (exact) mass is 247 g/mol. The molecule has 0 saturated heterocycles. The Kier molecular flexibility index (Phi) is 2.86. The molecule has 1 heterocycles. The number of amides is 1. The van der Waals surface area contributed by atoms with Gasteiger partial charge in [0.1, 0.15) is 0 Å². The van der Waals surface area contributed by atoms with Gasteiger partial charge in [-0.1, -0.05) is 13.3 Å². The smallest absolute Gasteiger partial charge is 0.251 e. The molecular formula is C14H17NO3. The van der Waals surface area contributed by atoms with E-state index in [1.54, 1.807) is 18.2 Å². The van der Waals surface area contributed by atoms with Crippen LogP contribution < -0.4 is 14.8 Å². The van der Waals surface area contributed by atoms with Crippen molar-refractivity contribution in [3.8, 4) is 11.5 Å². The molecule has 1 aromatic carbocycles. The van der Waals surface area contributed by atoms with Gasteiger partial charge in [-0.25, -0.2) is 0 Å². The van der Waals surface area contributed by atoms with Crippen molar-refractivity contribution in [2.45, 2.75) is 32.2 Å². The molecule has 0 unspecified atom stereocenters. The summed E-state index contributed by atoms with van der Waals surface area (Å²) < 4.78 is 10.5. The first kappa shape index (κ1) is 11.4. The first-order valence-electron chi connectivity index (χ1n) is 6.44. The summed E-state index contributed by atoms with van der Waals surface area (Å²) in [6.07, 6.45) is 3.48. The SMILES string of the molecule is C[C@@H]1CCC[C@H]1NC(=O)c1ccc2c(c1)OCO2. The highest BCUT2D eigenvalue weighted by Crippen LogP contribution is 2.32. The van der Waals surface area contributed by atoms with E-state index in [1.165, 1.54) is 12.8 Å². The van der Waals surface area contributed by atoms with Gasteiger partial charge in [0.15, 0.2) is 11.5 Å². The highest BCUT2D eigenvalue weighted by Gasteiger charge is 2.25. The summed E-state index contributed by atoms with van der Waals surface area (Å²) in [5, 5.41) is 3.10. The van der Waals surface area contributed by atoms with Gasteiger partial charge >= 0.3 is 0 Å². The van der Waals surface area contributed by atoms with E-state index < -0.39 is 0 Å². The lowest BCUT2D eigenvalue weighted by atomic mass is 10.1. The molecule has 2 atom stereocenters. The van der Waals surface area contributed by atoms with Crippen molar-refractivity contribution in [2.75, 3.05) is 6.79 Å². The molecule has 1 amide bonds. The van der Waals surface area contributed by atoms with E-state index in [9.17, 15) is 4.79 Å². The Morgan fingerprint density at radius 3 is 2.89 bits per heavy atom. The molecule has 1 aliphatic heterocycles. The zero-order valence-electron chi connectivity index (χ0n) is 10.4. The molecule has 0 spiro atoms. The van der Waals surface area contributed by atoms with Crippen LogP contribution in [0.2, 0.25) is 0 Å². The van der Waals surface area contributed by atoms with Crippen LogP contribution in [0.25, 0.3) is 0 Å². The third-order valence-electron chi connectivity index (χ3n) is 3.81. The maximum Gasteiger partial charge on any atom is 0.251 e. The van der Waals surface area contributed by atoms with Crippen LogP contribution in [-0.4, -0.2) is 18.7 Å². The second-order valence-electron chi connectivity index (χ2n) is 5.06. The summed E-state index contributed by atoms with van der Waals surface area (Å²) in [7, 11) is 0. The van der Waals surface area contributed by atoms with Gasteiger partial charge < -0.3 is 14.8 Å². The van der Waals surface area contributed by atoms with Crippen molar-refractivity contribution in [3.05, 3.63) is 23.8 Å². The number of fused-ring (bicyclic) bond motifs is 1. The standard InChI is InChI=1S/C14H17NO3/c1-9-3-2-4-11(9)15-14(16)10-5-6-12-13(7-10)18-8-17-12/h5-7,9,11H,2-4,8H2,1H3,(H,15,16)/t9-,11-/m1/s1. The lowest BCUT2D eigenvalue weighted by molar-refractivity contribution is 0.0929. The molecule has 1 saturated carbocycles. The fourth-order valence-electron chi connectivity index (χ4n) is 2.65. The number of benzene rings is 1. The van der Waals surface area contributed by atoms with E-state index in [1.807, 2.05) is 0 Å². The second kappa shape index (κ2) is 4.52. The molecule has 3 rings (SSSR count). The molecule has 0 aromatic heterocycles. The number of ether oxygens (including phenoxy) is 2. The van der Waals surface area contributed by atoms with Crippen LogP contribution in [0.1, 0.15) is 36.5 Å². The van der Waals surface area contributed by atoms with E-state index in [0.29, 0.717) is 29.0 Å². The second-order valence-corrected chi connectivity index (χ2v) is 5.06. The largest absolute Gasteiger partial charge is 0.454 e. The average Bonchev–Trinajstić information content (AvgIpc) is 2.98. The maximum atomic E-state index is 12.1. The Bertz CT molecular complexity index is 472. The number of carbonyl (C=O) groups excluding carboxylic acids is 1. The van der Waals surface area contributed by atoms with Crippen molar-refractivity contribution in [3.63, 3.8) is 0 Å². The van der Waals surface area contributed by atoms with E-state index in [-0.39, 0.29) is 12.7 Å². The van der Waals surface area contributed by atoms with Gasteiger partial charge in [0.2, 0.25) is 6.79 Å². The maximum absolute atomic E-state index is 12.1. The molecule has 1 aromatic rings. The Morgan fingerprint density at radius 2 is 2.11 bits per heavy atom. The third-order valence-corrected chi connectivity index (χ3v) is 3.81. The van der Waals surface area contributed by atoms with Crippen molar-refractivity contribution in [2.24, 2.45) is 5.92 Å². The molecule has 4 nitrogen and oxygen atoms in total. The quantitative estimate of drug-likeness (QED) is 0.872. The number of hydrogen-bond donors (Lipinski definition) is 1. The Balaban J connectivity index is 1.72. The summed E-state index contributed by atoms with van der Waals surface area (Å²) in [5.74, 6) is 1.91. The first-order valence-corrected chi connectivity index (χ1v) is 6.44. The van der Waals surface area contributed by atoms with Crippen molar-refractivity contribution >= 4 is 5.91 Å². The number of hydrogen-bond acceptors (Lipinski definition) is 3. The predicted molar refractivity (Wildman–Crippen MR) is 66.8 cm³/mol. The zero-order valence-corrected chi connectivity index (χ0v) is 10.4. The molecular weight excluding hydrogens is 230 g/mol. The minimum Gasteiger partial charge on any atom is -0.454 e. The van der Waals surface area contributed by atoms with Gasteiger partial charge in [-0.15, -0.1) is 0 Å². The molecule has 0 bridgehead atoms. The van der Waals surface area contributed by atoms with E-state index in [2.05, 4.69) is 12.2 Å². The van der Waals surface area contributed by atoms with Crippen molar-refractivity contribution in [1.29, 1.82) is 0 Å². The highest BCUT2D eigenvalue weighted by molar-refractivity contribution is 5.95. The van der Waals surface area contributed by atoms with Gasteiger partial charge in [0.05, 0.1) is 0 Å². The summed E-state index contributed by atoms with van der Waals surface area (Å²) in [5.41, 5.74) is 0.637.